The second-order valence-corrected chi connectivity index (χ2v) is 4.00. The van der Waals surface area contributed by atoms with Crippen molar-refractivity contribution in [3.05, 3.63) is 40.8 Å². The lowest BCUT2D eigenvalue weighted by Crippen LogP contribution is -2.01. The number of nitrogens with zero attached hydrogens (tertiary/aromatic N) is 3. The minimum absolute atomic E-state index is 0.493. The number of anilines is 1. The second kappa shape index (κ2) is 4.53. The zero-order valence-electron chi connectivity index (χ0n) is 9.24. The van der Waals surface area contributed by atoms with Gasteiger partial charge >= 0.3 is 0 Å². The lowest BCUT2D eigenvalue weighted by atomic mass is 10.2. The Kier molecular flexibility index (Phi) is 3.10. The van der Waals surface area contributed by atoms with E-state index >= 15 is 0 Å². The highest BCUT2D eigenvalue weighted by molar-refractivity contribution is 6.29. The van der Waals surface area contributed by atoms with E-state index in [1.54, 1.807) is 10.7 Å². The standard InChI is InChI=1S/C11H13ClN4/c1-8-9(7-16(2)15-8)6-13-11-5-3-4-10(12)14-11/h3-5,7H,6H2,1-2H3,(H,13,14). The van der Waals surface area contributed by atoms with Crippen molar-refractivity contribution in [2.75, 3.05) is 5.32 Å². The Morgan fingerprint density at radius 2 is 2.25 bits per heavy atom. The van der Waals surface area contributed by atoms with Crippen LogP contribution in [0, 0.1) is 6.92 Å². The summed E-state index contributed by atoms with van der Waals surface area (Å²) in [5, 5.41) is 7.97. The summed E-state index contributed by atoms with van der Waals surface area (Å²) in [6.07, 6.45) is 1.99. The predicted molar refractivity (Wildman–Crippen MR) is 64.5 cm³/mol. The van der Waals surface area contributed by atoms with Crippen LogP contribution in [-0.4, -0.2) is 14.8 Å². The first kappa shape index (κ1) is 11.0. The highest BCUT2D eigenvalue weighted by Gasteiger charge is 2.02. The topological polar surface area (TPSA) is 42.7 Å². The Balaban J connectivity index is 2.05. The third-order valence-electron chi connectivity index (χ3n) is 2.29. The van der Waals surface area contributed by atoms with Crippen LogP contribution in [0.4, 0.5) is 5.82 Å². The zero-order valence-corrected chi connectivity index (χ0v) is 9.99. The fourth-order valence-electron chi connectivity index (χ4n) is 1.51. The van der Waals surface area contributed by atoms with Crippen molar-refractivity contribution in [3.8, 4) is 0 Å². The normalized spacial score (nSPS) is 10.4. The number of aryl methyl sites for hydroxylation is 2. The van der Waals surface area contributed by atoms with Crippen molar-refractivity contribution < 1.29 is 0 Å². The third-order valence-corrected chi connectivity index (χ3v) is 2.50. The molecule has 0 amide bonds. The minimum Gasteiger partial charge on any atom is -0.366 e. The lowest BCUT2D eigenvalue weighted by Gasteiger charge is -2.04. The summed E-state index contributed by atoms with van der Waals surface area (Å²) >= 11 is 5.79. The molecule has 0 aliphatic rings. The van der Waals surface area contributed by atoms with Crippen LogP contribution < -0.4 is 5.32 Å². The molecule has 0 aliphatic heterocycles. The monoisotopic (exact) mass is 236 g/mol. The quantitative estimate of drug-likeness (QED) is 0.833. The van der Waals surface area contributed by atoms with Gasteiger partial charge in [0.15, 0.2) is 0 Å². The van der Waals surface area contributed by atoms with Crippen LogP contribution >= 0.6 is 11.6 Å². The highest BCUT2D eigenvalue weighted by Crippen LogP contribution is 2.11. The van der Waals surface area contributed by atoms with Gasteiger partial charge in [-0.25, -0.2) is 4.98 Å². The number of hydrogen-bond acceptors (Lipinski definition) is 3. The molecule has 0 saturated heterocycles. The van der Waals surface area contributed by atoms with Crippen LogP contribution in [0.15, 0.2) is 24.4 Å². The van der Waals surface area contributed by atoms with Gasteiger partial charge in [0.2, 0.25) is 0 Å². The first-order valence-corrected chi connectivity index (χ1v) is 5.38. The summed E-state index contributed by atoms with van der Waals surface area (Å²) in [5.74, 6) is 0.774. The number of halogens is 1. The van der Waals surface area contributed by atoms with E-state index in [-0.39, 0.29) is 0 Å². The molecule has 1 N–H and O–H groups in total. The molecular weight excluding hydrogens is 224 g/mol. The van der Waals surface area contributed by atoms with Gasteiger partial charge in [0.1, 0.15) is 11.0 Å². The molecule has 0 bridgehead atoms. The number of nitrogens with one attached hydrogen (secondary N) is 1. The Morgan fingerprint density at radius 1 is 1.44 bits per heavy atom. The fourth-order valence-corrected chi connectivity index (χ4v) is 1.68. The Labute approximate surface area is 99.3 Å². The first-order valence-electron chi connectivity index (χ1n) is 5.01. The van der Waals surface area contributed by atoms with Gasteiger partial charge in [-0.1, -0.05) is 17.7 Å². The molecular formula is C11H13ClN4. The predicted octanol–water partition coefficient (Wildman–Crippen LogP) is 2.39. The van der Waals surface area contributed by atoms with Gasteiger partial charge in [0.05, 0.1) is 5.69 Å². The summed E-state index contributed by atoms with van der Waals surface area (Å²) < 4.78 is 1.80. The molecule has 2 aromatic rings. The van der Waals surface area contributed by atoms with Gasteiger partial charge in [-0.15, -0.1) is 0 Å². The molecule has 0 radical (unpaired) electrons. The number of pyridine rings is 1. The maximum atomic E-state index is 5.79. The van der Waals surface area contributed by atoms with Crippen LogP contribution in [0.2, 0.25) is 5.15 Å². The molecule has 5 heteroatoms. The van der Waals surface area contributed by atoms with Crippen LogP contribution in [0.3, 0.4) is 0 Å². The van der Waals surface area contributed by atoms with Crippen LogP contribution in [-0.2, 0) is 13.6 Å². The van der Waals surface area contributed by atoms with E-state index in [1.807, 2.05) is 32.3 Å². The molecule has 0 aromatic carbocycles. The molecule has 0 aliphatic carbocycles. The number of aromatic nitrogens is 3. The molecule has 2 rings (SSSR count). The van der Waals surface area contributed by atoms with Gasteiger partial charge < -0.3 is 5.32 Å². The van der Waals surface area contributed by atoms with Crippen molar-refractivity contribution in [2.45, 2.75) is 13.5 Å². The molecule has 2 aromatic heterocycles. The zero-order chi connectivity index (χ0) is 11.5. The van der Waals surface area contributed by atoms with Crippen LogP contribution in [0.1, 0.15) is 11.3 Å². The van der Waals surface area contributed by atoms with Crippen LogP contribution in [0.5, 0.6) is 0 Å². The third kappa shape index (κ3) is 2.52. The van der Waals surface area contributed by atoms with E-state index in [1.165, 1.54) is 0 Å². The second-order valence-electron chi connectivity index (χ2n) is 3.61. The van der Waals surface area contributed by atoms with Crippen molar-refractivity contribution in [1.29, 1.82) is 0 Å². The SMILES string of the molecule is Cc1nn(C)cc1CNc1cccc(Cl)n1. The van der Waals surface area contributed by atoms with Gasteiger partial charge in [0.25, 0.3) is 0 Å². The molecule has 84 valence electrons. The molecule has 0 fully saturated rings. The Bertz CT molecular complexity index is 492. The molecule has 0 unspecified atom stereocenters. The first-order chi connectivity index (χ1) is 7.65. The molecule has 0 saturated carbocycles. The molecule has 4 nitrogen and oxygen atoms in total. The van der Waals surface area contributed by atoms with Gasteiger partial charge in [-0.3, -0.25) is 4.68 Å². The summed E-state index contributed by atoms with van der Waals surface area (Å²) in [4.78, 5) is 4.15. The number of hydrogen-bond donors (Lipinski definition) is 1. The van der Waals surface area contributed by atoms with E-state index in [4.69, 9.17) is 11.6 Å². The van der Waals surface area contributed by atoms with Crippen LogP contribution in [0.25, 0.3) is 0 Å². The maximum absolute atomic E-state index is 5.79. The summed E-state index contributed by atoms with van der Waals surface area (Å²) in [7, 11) is 1.91. The maximum Gasteiger partial charge on any atom is 0.131 e. The van der Waals surface area contributed by atoms with Crippen molar-refractivity contribution in [3.63, 3.8) is 0 Å². The summed E-state index contributed by atoms with van der Waals surface area (Å²) in [5.41, 5.74) is 2.18. The summed E-state index contributed by atoms with van der Waals surface area (Å²) in [6.45, 7) is 2.69. The average molecular weight is 237 g/mol. The number of rotatable bonds is 3. The average Bonchev–Trinajstić information content (AvgIpc) is 2.54. The van der Waals surface area contributed by atoms with Gasteiger partial charge in [-0.05, 0) is 19.1 Å². The molecule has 0 spiro atoms. The fraction of sp³-hybridized carbons (Fsp3) is 0.273. The van der Waals surface area contributed by atoms with Crippen molar-refractivity contribution in [2.24, 2.45) is 7.05 Å². The largest absolute Gasteiger partial charge is 0.366 e. The highest BCUT2D eigenvalue weighted by atomic mass is 35.5. The van der Waals surface area contributed by atoms with E-state index in [9.17, 15) is 0 Å². The van der Waals surface area contributed by atoms with Crippen molar-refractivity contribution in [1.82, 2.24) is 14.8 Å². The summed E-state index contributed by atoms with van der Waals surface area (Å²) in [6, 6.07) is 5.51. The van der Waals surface area contributed by atoms with Crippen molar-refractivity contribution >= 4 is 17.4 Å². The Morgan fingerprint density at radius 3 is 2.88 bits per heavy atom. The minimum atomic E-state index is 0.493. The molecule has 16 heavy (non-hydrogen) atoms. The Hall–Kier alpha value is -1.55. The molecule has 2 heterocycles. The van der Waals surface area contributed by atoms with Gasteiger partial charge in [-0.2, -0.15) is 5.10 Å². The smallest absolute Gasteiger partial charge is 0.131 e. The molecule has 0 atom stereocenters. The van der Waals surface area contributed by atoms with E-state index in [0.717, 1.165) is 17.1 Å². The van der Waals surface area contributed by atoms with E-state index in [2.05, 4.69) is 15.4 Å². The van der Waals surface area contributed by atoms with E-state index < -0.39 is 0 Å². The van der Waals surface area contributed by atoms with E-state index in [0.29, 0.717) is 11.7 Å². The lowest BCUT2D eigenvalue weighted by molar-refractivity contribution is 0.756. The van der Waals surface area contributed by atoms with Gasteiger partial charge in [0, 0.05) is 25.4 Å².